The van der Waals surface area contributed by atoms with Gasteiger partial charge in [0.1, 0.15) is 5.75 Å². The van der Waals surface area contributed by atoms with E-state index < -0.39 is 0 Å². The van der Waals surface area contributed by atoms with Crippen LogP contribution in [0.4, 0.5) is 5.69 Å². The molecule has 0 aromatic heterocycles. The van der Waals surface area contributed by atoms with E-state index in [9.17, 15) is 4.79 Å². The summed E-state index contributed by atoms with van der Waals surface area (Å²) in [4.78, 5) is 11.3. The minimum Gasteiger partial charge on any atom is -0.493 e. The molecule has 1 unspecified atom stereocenters. The third-order valence-electron chi connectivity index (χ3n) is 3.43. The molecule has 0 heterocycles. The summed E-state index contributed by atoms with van der Waals surface area (Å²) >= 11 is 0. The lowest BCUT2D eigenvalue weighted by atomic mass is 10.0. The van der Waals surface area contributed by atoms with Crippen LogP contribution < -0.4 is 10.5 Å². The number of hydrogen-bond acceptors (Lipinski definition) is 3. The summed E-state index contributed by atoms with van der Waals surface area (Å²) < 4.78 is 5.78. The molecule has 0 aliphatic rings. The predicted octanol–water partition coefficient (Wildman–Crippen LogP) is 4.07. The third-order valence-corrected chi connectivity index (χ3v) is 3.43. The van der Waals surface area contributed by atoms with Crippen molar-refractivity contribution in [1.29, 1.82) is 0 Å². The normalized spacial score (nSPS) is 12.2. The number of benzene rings is 1. The second-order valence-electron chi connectivity index (χ2n) is 5.03. The second-order valence-corrected chi connectivity index (χ2v) is 5.03. The first-order valence-electron chi connectivity index (χ1n) is 7.11. The van der Waals surface area contributed by atoms with Crippen LogP contribution in [0.25, 0.3) is 0 Å². The fourth-order valence-electron chi connectivity index (χ4n) is 2.06. The number of ketones is 1. The molecule has 0 bridgehead atoms. The molecule has 0 spiro atoms. The molecule has 106 valence electrons. The van der Waals surface area contributed by atoms with E-state index in [1.807, 2.05) is 6.07 Å². The highest BCUT2D eigenvalue weighted by Crippen LogP contribution is 2.22. The highest BCUT2D eigenvalue weighted by atomic mass is 16.5. The standard InChI is InChI=1S/C16H25NO2/c1-4-6-7-13(5-2)11-19-14-8-9-15(12(3)18)16(17)10-14/h8-10,13H,4-7,11,17H2,1-3H3. The summed E-state index contributed by atoms with van der Waals surface area (Å²) in [6.45, 7) is 6.63. The topological polar surface area (TPSA) is 52.3 Å². The summed E-state index contributed by atoms with van der Waals surface area (Å²) in [5, 5.41) is 0. The molecular weight excluding hydrogens is 238 g/mol. The Kier molecular flexibility index (Phi) is 6.40. The Morgan fingerprint density at radius 3 is 2.63 bits per heavy atom. The van der Waals surface area contributed by atoms with Gasteiger partial charge in [-0.1, -0.05) is 33.1 Å². The van der Waals surface area contributed by atoms with Gasteiger partial charge in [-0.25, -0.2) is 0 Å². The Morgan fingerprint density at radius 2 is 2.11 bits per heavy atom. The molecule has 2 N–H and O–H groups in total. The summed E-state index contributed by atoms with van der Waals surface area (Å²) in [5.74, 6) is 1.32. The van der Waals surface area contributed by atoms with Crippen LogP contribution in [0.3, 0.4) is 0 Å². The molecule has 0 amide bonds. The first-order chi connectivity index (χ1) is 9.08. The van der Waals surface area contributed by atoms with Gasteiger partial charge in [-0.15, -0.1) is 0 Å². The van der Waals surface area contributed by atoms with Gasteiger partial charge in [0, 0.05) is 17.3 Å². The summed E-state index contributed by atoms with van der Waals surface area (Å²) in [7, 11) is 0. The van der Waals surface area contributed by atoms with Gasteiger partial charge in [-0.05, 0) is 31.4 Å². The van der Waals surface area contributed by atoms with Crippen LogP contribution in [0, 0.1) is 5.92 Å². The van der Waals surface area contributed by atoms with Crippen LogP contribution in [0.2, 0.25) is 0 Å². The molecule has 1 aromatic rings. The monoisotopic (exact) mass is 263 g/mol. The van der Waals surface area contributed by atoms with Crippen LogP contribution >= 0.6 is 0 Å². The molecular formula is C16H25NO2. The van der Waals surface area contributed by atoms with Gasteiger partial charge in [-0.3, -0.25) is 4.79 Å². The largest absolute Gasteiger partial charge is 0.493 e. The van der Waals surface area contributed by atoms with Crippen molar-refractivity contribution in [2.75, 3.05) is 12.3 Å². The lowest BCUT2D eigenvalue weighted by Crippen LogP contribution is -2.11. The average molecular weight is 263 g/mol. The fourth-order valence-corrected chi connectivity index (χ4v) is 2.06. The van der Waals surface area contributed by atoms with Crippen LogP contribution in [0.5, 0.6) is 5.75 Å². The summed E-state index contributed by atoms with van der Waals surface area (Å²) in [5.41, 5.74) is 6.89. The highest BCUT2D eigenvalue weighted by Gasteiger charge is 2.09. The Balaban J connectivity index is 2.57. The number of nitrogen functional groups attached to an aromatic ring is 1. The number of unbranched alkanes of at least 4 members (excludes halogenated alkanes) is 1. The van der Waals surface area contributed by atoms with Gasteiger partial charge >= 0.3 is 0 Å². The minimum atomic E-state index is -0.0153. The maximum Gasteiger partial charge on any atom is 0.161 e. The molecule has 1 rings (SSSR count). The van der Waals surface area contributed by atoms with E-state index in [4.69, 9.17) is 10.5 Å². The van der Waals surface area contributed by atoms with Gasteiger partial charge in [-0.2, -0.15) is 0 Å². The maximum absolute atomic E-state index is 11.3. The van der Waals surface area contributed by atoms with Gasteiger partial charge in [0.05, 0.1) is 6.61 Å². The number of nitrogens with two attached hydrogens (primary N) is 1. The highest BCUT2D eigenvalue weighted by molar-refractivity contribution is 5.99. The van der Waals surface area contributed by atoms with Crippen molar-refractivity contribution >= 4 is 11.5 Å². The quantitative estimate of drug-likeness (QED) is 0.568. The zero-order valence-electron chi connectivity index (χ0n) is 12.2. The number of carbonyl (C=O) groups is 1. The summed E-state index contributed by atoms with van der Waals surface area (Å²) in [6, 6.07) is 5.29. The van der Waals surface area contributed by atoms with E-state index in [0.29, 0.717) is 17.2 Å². The van der Waals surface area contributed by atoms with Gasteiger partial charge in [0.2, 0.25) is 0 Å². The number of Topliss-reactive ketones (excluding diaryl/α,β-unsaturated/α-hetero) is 1. The van der Waals surface area contributed by atoms with Crippen molar-refractivity contribution in [3.8, 4) is 5.75 Å². The summed E-state index contributed by atoms with van der Waals surface area (Å²) in [6.07, 6.45) is 4.79. The van der Waals surface area contributed by atoms with E-state index in [2.05, 4.69) is 13.8 Å². The minimum absolute atomic E-state index is 0.0153. The fraction of sp³-hybridized carbons (Fsp3) is 0.562. The van der Waals surface area contributed by atoms with E-state index in [0.717, 1.165) is 18.8 Å². The molecule has 3 nitrogen and oxygen atoms in total. The number of rotatable bonds is 8. The molecule has 0 saturated heterocycles. The Bertz CT molecular complexity index is 415. The SMILES string of the molecule is CCCCC(CC)COc1ccc(C(C)=O)c(N)c1. The Morgan fingerprint density at radius 1 is 1.37 bits per heavy atom. The predicted molar refractivity (Wildman–Crippen MR) is 79.7 cm³/mol. The van der Waals surface area contributed by atoms with Crippen LogP contribution in [0.1, 0.15) is 56.8 Å². The lowest BCUT2D eigenvalue weighted by Gasteiger charge is -2.16. The van der Waals surface area contributed by atoms with E-state index in [1.54, 1.807) is 12.1 Å². The number of ether oxygens (including phenoxy) is 1. The molecule has 0 saturated carbocycles. The number of carbonyl (C=O) groups excluding carboxylic acids is 1. The second kappa shape index (κ2) is 7.82. The molecule has 3 heteroatoms. The first-order valence-corrected chi connectivity index (χ1v) is 7.11. The zero-order valence-corrected chi connectivity index (χ0v) is 12.2. The molecule has 1 atom stereocenters. The lowest BCUT2D eigenvalue weighted by molar-refractivity contribution is 0.101. The van der Waals surface area contributed by atoms with Crippen molar-refractivity contribution < 1.29 is 9.53 Å². The van der Waals surface area contributed by atoms with Crippen molar-refractivity contribution in [3.05, 3.63) is 23.8 Å². The third kappa shape index (κ3) is 4.93. The number of anilines is 1. The van der Waals surface area contributed by atoms with Crippen LogP contribution in [-0.4, -0.2) is 12.4 Å². The Hall–Kier alpha value is -1.51. The van der Waals surface area contributed by atoms with Crippen LogP contribution in [-0.2, 0) is 0 Å². The average Bonchev–Trinajstić information content (AvgIpc) is 2.38. The molecule has 19 heavy (non-hydrogen) atoms. The van der Waals surface area contributed by atoms with E-state index in [1.165, 1.54) is 26.2 Å². The first kappa shape index (κ1) is 15.5. The van der Waals surface area contributed by atoms with Crippen molar-refractivity contribution in [3.63, 3.8) is 0 Å². The van der Waals surface area contributed by atoms with Gasteiger partial charge < -0.3 is 10.5 Å². The smallest absolute Gasteiger partial charge is 0.161 e. The van der Waals surface area contributed by atoms with Gasteiger partial charge in [0.25, 0.3) is 0 Å². The molecule has 0 radical (unpaired) electrons. The molecule has 1 aromatic carbocycles. The van der Waals surface area contributed by atoms with Crippen molar-refractivity contribution in [1.82, 2.24) is 0 Å². The van der Waals surface area contributed by atoms with Crippen molar-refractivity contribution in [2.24, 2.45) is 5.92 Å². The number of hydrogen-bond donors (Lipinski definition) is 1. The van der Waals surface area contributed by atoms with Crippen LogP contribution in [0.15, 0.2) is 18.2 Å². The zero-order chi connectivity index (χ0) is 14.3. The Labute approximate surface area is 116 Å². The van der Waals surface area contributed by atoms with E-state index in [-0.39, 0.29) is 5.78 Å². The molecule has 0 aliphatic heterocycles. The molecule has 0 aliphatic carbocycles. The maximum atomic E-state index is 11.3. The van der Waals surface area contributed by atoms with Crippen molar-refractivity contribution in [2.45, 2.75) is 46.5 Å². The molecule has 0 fully saturated rings. The van der Waals surface area contributed by atoms with E-state index >= 15 is 0 Å². The van der Waals surface area contributed by atoms with Gasteiger partial charge in [0.15, 0.2) is 5.78 Å².